The second kappa shape index (κ2) is 7.14. The summed E-state index contributed by atoms with van der Waals surface area (Å²) in [7, 11) is 0. The Labute approximate surface area is 127 Å². The molecule has 0 aliphatic carbocycles. The van der Waals surface area contributed by atoms with Crippen LogP contribution in [-0.2, 0) is 0 Å². The summed E-state index contributed by atoms with van der Waals surface area (Å²) >= 11 is 0. The normalized spacial score (nSPS) is 11.2. The third-order valence-corrected chi connectivity index (χ3v) is 2.92. The van der Waals surface area contributed by atoms with Gasteiger partial charge >= 0.3 is 0 Å². The minimum atomic E-state index is 0.153. The van der Waals surface area contributed by atoms with Gasteiger partial charge in [0.05, 0.1) is 0 Å². The molecule has 0 amide bonds. The van der Waals surface area contributed by atoms with Crippen molar-refractivity contribution in [2.24, 2.45) is 0 Å². The molecule has 21 heavy (non-hydrogen) atoms. The Morgan fingerprint density at radius 2 is 1.57 bits per heavy atom. The lowest BCUT2D eigenvalue weighted by atomic mass is 10.1. The van der Waals surface area contributed by atoms with Crippen LogP contribution in [0.4, 0.5) is 5.69 Å². The summed E-state index contributed by atoms with van der Waals surface area (Å²) < 4.78 is 5.82. The predicted molar refractivity (Wildman–Crippen MR) is 89.2 cm³/mol. The summed E-state index contributed by atoms with van der Waals surface area (Å²) in [4.78, 5) is 0. The van der Waals surface area contributed by atoms with Gasteiger partial charge in [-0.1, -0.05) is 24.3 Å². The monoisotopic (exact) mass is 284 g/mol. The lowest BCUT2D eigenvalue weighted by Crippen LogP contribution is -2.38. The summed E-state index contributed by atoms with van der Waals surface area (Å²) in [5, 5.41) is 6.85. The molecule has 0 aliphatic rings. The molecule has 112 valence electrons. The molecule has 3 heteroatoms. The smallest absolute Gasteiger partial charge is 0.129 e. The summed E-state index contributed by atoms with van der Waals surface area (Å²) in [6, 6.07) is 17.8. The van der Waals surface area contributed by atoms with Crippen LogP contribution in [0.3, 0.4) is 0 Å². The number of ether oxygens (including phenoxy) is 1. The second-order valence-corrected chi connectivity index (χ2v) is 6.05. The quantitative estimate of drug-likeness (QED) is 0.777. The topological polar surface area (TPSA) is 33.3 Å². The van der Waals surface area contributed by atoms with Gasteiger partial charge in [0.25, 0.3) is 0 Å². The van der Waals surface area contributed by atoms with Crippen LogP contribution in [0.1, 0.15) is 20.8 Å². The van der Waals surface area contributed by atoms with Crippen molar-refractivity contribution in [2.45, 2.75) is 26.3 Å². The van der Waals surface area contributed by atoms with E-state index in [0.29, 0.717) is 0 Å². The van der Waals surface area contributed by atoms with E-state index in [4.69, 9.17) is 4.74 Å². The van der Waals surface area contributed by atoms with Crippen LogP contribution in [0, 0.1) is 0 Å². The minimum absolute atomic E-state index is 0.153. The largest absolute Gasteiger partial charge is 0.457 e. The summed E-state index contributed by atoms with van der Waals surface area (Å²) in [6.07, 6.45) is 0. The van der Waals surface area contributed by atoms with Gasteiger partial charge in [-0.05, 0) is 45.0 Å². The molecule has 3 nitrogen and oxygen atoms in total. The Kier molecular flexibility index (Phi) is 5.23. The zero-order valence-electron chi connectivity index (χ0n) is 13.0. The van der Waals surface area contributed by atoms with Crippen LogP contribution in [0.15, 0.2) is 54.6 Å². The number of hydrogen-bond donors (Lipinski definition) is 2. The van der Waals surface area contributed by atoms with Crippen LogP contribution in [0.25, 0.3) is 0 Å². The van der Waals surface area contributed by atoms with Crippen molar-refractivity contribution in [2.75, 3.05) is 18.4 Å². The molecule has 0 fully saturated rings. The van der Waals surface area contributed by atoms with E-state index in [9.17, 15) is 0 Å². The fraction of sp³-hybridized carbons (Fsp3) is 0.333. The number of hydrogen-bond acceptors (Lipinski definition) is 3. The van der Waals surface area contributed by atoms with Gasteiger partial charge in [-0.3, -0.25) is 0 Å². The Hall–Kier alpha value is -2.00. The molecule has 0 saturated heterocycles. The van der Waals surface area contributed by atoms with E-state index in [2.05, 4.69) is 37.5 Å². The summed E-state index contributed by atoms with van der Waals surface area (Å²) in [5.41, 5.74) is 1.22. The molecule has 2 aromatic carbocycles. The highest BCUT2D eigenvalue weighted by Crippen LogP contribution is 2.23. The summed E-state index contributed by atoms with van der Waals surface area (Å²) in [6.45, 7) is 8.31. The molecule has 2 rings (SSSR count). The standard InChI is InChI=1S/C18H24N2O/c1-18(2,3)20-13-12-19-15-8-7-11-17(14-15)21-16-9-5-4-6-10-16/h4-11,14,19-20H,12-13H2,1-3H3. The van der Waals surface area contributed by atoms with Crippen LogP contribution in [-0.4, -0.2) is 18.6 Å². The molecular formula is C18H24N2O. The van der Waals surface area contributed by atoms with Gasteiger partial charge < -0.3 is 15.4 Å². The molecular weight excluding hydrogens is 260 g/mol. The highest BCUT2D eigenvalue weighted by Gasteiger charge is 2.07. The first-order chi connectivity index (χ1) is 10.0. The molecule has 0 aliphatic heterocycles. The van der Waals surface area contributed by atoms with Gasteiger partial charge in [-0.15, -0.1) is 0 Å². The number of rotatable bonds is 6. The number of anilines is 1. The molecule has 2 aromatic rings. The molecule has 0 bridgehead atoms. The van der Waals surface area contributed by atoms with Crippen molar-refractivity contribution in [1.29, 1.82) is 0 Å². The van der Waals surface area contributed by atoms with E-state index < -0.39 is 0 Å². The Morgan fingerprint density at radius 3 is 2.29 bits per heavy atom. The van der Waals surface area contributed by atoms with Gasteiger partial charge in [-0.2, -0.15) is 0 Å². The van der Waals surface area contributed by atoms with E-state index in [1.807, 2.05) is 48.5 Å². The maximum atomic E-state index is 5.82. The average molecular weight is 284 g/mol. The van der Waals surface area contributed by atoms with Crippen molar-refractivity contribution < 1.29 is 4.74 Å². The zero-order valence-corrected chi connectivity index (χ0v) is 13.0. The predicted octanol–water partition coefficient (Wildman–Crippen LogP) is 4.28. The van der Waals surface area contributed by atoms with E-state index >= 15 is 0 Å². The van der Waals surface area contributed by atoms with Gasteiger partial charge in [0.1, 0.15) is 11.5 Å². The van der Waals surface area contributed by atoms with E-state index in [1.54, 1.807) is 0 Å². The molecule has 0 heterocycles. The maximum Gasteiger partial charge on any atom is 0.129 e. The molecule has 0 aromatic heterocycles. The number of nitrogens with one attached hydrogen (secondary N) is 2. The van der Waals surface area contributed by atoms with Crippen LogP contribution >= 0.6 is 0 Å². The van der Waals surface area contributed by atoms with Crippen molar-refractivity contribution in [3.8, 4) is 11.5 Å². The molecule has 0 spiro atoms. The fourth-order valence-corrected chi connectivity index (χ4v) is 1.94. The first kappa shape index (κ1) is 15.4. The molecule has 2 N–H and O–H groups in total. The van der Waals surface area contributed by atoms with Gasteiger partial charge in [0.15, 0.2) is 0 Å². The van der Waals surface area contributed by atoms with Crippen molar-refractivity contribution >= 4 is 5.69 Å². The number of benzene rings is 2. The van der Waals surface area contributed by atoms with Crippen LogP contribution in [0.5, 0.6) is 11.5 Å². The Morgan fingerprint density at radius 1 is 0.857 bits per heavy atom. The molecule has 0 atom stereocenters. The van der Waals surface area contributed by atoms with E-state index in [-0.39, 0.29) is 5.54 Å². The second-order valence-electron chi connectivity index (χ2n) is 6.05. The highest BCUT2D eigenvalue weighted by molar-refractivity contribution is 5.49. The van der Waals surface area contributed by atoms with Crippen LogP contribution < -0.4 is 15.4 Å². The van der Waals surface area contributed by atoms with Gasteiger partial charge in [0, 0.05) is 30.4 Å². The third kappa shape index (κ3) is 5.88. The van der Waals surface area contributed by atoms with Crippen LogP contribution in [0.2, 0.25) is 0 Å². The molecule has 0 radical (unpaired) electrons. The zero-order chi connectivity index (χ0) is 15.1. The minimum Gasteiger partial charge on any atom is -0.457 e. The SMILES string of the molecule is CC(C)(C)NCCNc1cccc(Oc2ccccc2)c1. The number of para-hydroxylation sites is 1. The first-order valence-electron chi connectivity index (χ1n) is 7.35. The first-order valence-corrected chi connectivity index (χ1v) is 7.35. The molecule has 0 unspecified atom stereocenters. The average Bonchev–Trinajstić information content (AvgIpc) is 2.44. The van der Waals surface area contributed by atoms with Crippen molar-refractivity contribution in [3.63, 3.8) is 0 Å². The third-order valence-electron chi connectivity index (χ3n) is 2.92. The van der Waals surface area contributed by atoms with Crippen molar-refractivity contribution in [1.82, 2.24) is 5.32 Å². The van der Waals surface area contributed by atoms with Crippen molar-refractivity contribution in [3.05, 3.63) is 54.6 Å². The lowest BCUT2D eigenvalue weighted by Gasteiger charge is -2.20. The Bertz CT molecular complexity index is 547. The Balaban J connectivity index is 1.86. The van der Waals surface area contributed by atoms with E-state index in [1.165, 1.54) is 0 Å². The summed E-state index contributed by atoms with van der Waals surface area (Å²) in [5.74, 6) is 1.69. The fourth-order valence-electron chi connectivity index (χ4n) is 1.94. The van der Waals surface area contributed by atoms with E-state index in [0.717, 1.165) is 30.3 Å². The van der Waals surface area contributed by atoms with Gasteiger partial charge in [-0.25, -0.2) is 0 Å². The highest BCUT2D eigenvalue weighted by atomic mass is 16.5. The lowest BCUT2D eigenvalue weighted by molar-refractivity contribution is 0.435. The molecule has 0 saturated carbocycles. The maximum absolute atomic E-state index is 5.82. The van der Waals surface area contributed by atoms with Gasteiger partial charge in [0.2, 0.25) is 0 Å².